The standard InChI is InChI=1S/C23H26ClFN4O2/c1-23(2,3)31-22(30)28-13-11-27(12-14-28)21-26-19-9-4-5-10-20(19)29(21)15-16-17(24)7-6-8-18(16)25/h4-10H,11-15H2,1-3H3. The highest BCUT2D eigenvalue weighted by atomic mass is 35.5. The zero-order valence-corrected chi connectivity index (χ0v) is 18.7. The molecule has 31 heavy (non-hydrogen) atoms. The van der Waals surface area contributed by atoms with Gasteiger partial charge in [0.2, 0.25) is 5.95 Å². The Morgan fingerprint density at radius 3 is 2.48 bits per heavy atom. The van der Waals surface area contributed by atoms with E-state index in [1.807, 2.05) is 49.6 Å². The number of imidazole rings is 1. The summed E-state index contributed by atoms with van der Waals surface area (Å²) in [7, 11) is 0. The number of anilines is 1. The smallest absolute Gasteiger partial charge is 0.410 e. The number of aromatic nitrogens is 2. The Balaban J connectivity index is 1.60. The zero-order chi connectivity index (χ0) is 22.2. The van der Waals surface area contributed by atoms with Crippen molar-refractivity contribution in [1.82, 2.24) is 14.5 Å². The van der Waals surface area contributed by atoms with Crippen molar-refractivity contribution in [3.8, 4) is 0 Å². The number of hydrogen-bond donors (Lipinski definition) is 0. The highest BCUT2D eigenvalue weighted by Crippen LogP contribution is 2.28. The van der Waals surface area contributed by atoms with Gasteiger partial charge < -0.3 is 19.1 Å². The lowest BCUT2D eigenvalue weighted by Crippen LogP contribution is -2.50. The average molecular weight is 445 g/mol. The Bertz CT molecular complexity index is 1080. The molecule has 8 heteroatoms. The molecule has 2 heterocycles. The molecule has 1 amide bonds. The number of carbonyl (C=O) groups excluding carboxylic acids is 1. The van der Waals surface area contributed by atoms with Crippen LogP contribution in [0.25, 0.3) is 11.0 Å². The molecule has 0 radical (unpaired) electrons. The predicted molar refractivity (Wildman–Crippen MR) is 120 cm³/mol. The fourth-order valence-electron chi connectivity index (χ4n) is 3.72. The summed E-state index contributed by atoms with van der Waals surface area (Å²) < 4.78 is 22.0. The largest absolute Gasteiger partial charge is 0.444 e. The maximum Gasteiger partial charge on any atom is 0.410 e. The van der Waals surface area contributed by atoms with Crippen molar-refractivity contribution >= 4 is 34.7 Å². The molecule has 1 aliphatic rings. The van der Waals surface area contributed by atoms with E-state index in [1.54, 1.807) is 17.0 Å². The average Bonchev–Trinajstić information content (AvgIpc) is 3.08. The second kappa shape index (κ2) is 8.38. The summed E-state index contributed by atoms with van der Waals surface area (Å²) in [6, 6.07) is 12.5. The molecular weight excluding hydrogens is 419 g/mol. The van der Waals surface area contributed by atoms with Gasteiger partial charge in [0.25, 0.3) is 0 Å². The second-order valence-electron chi connectivity index (χ2n) is 8.64. The summed E-state index contributed by atoms with van der Waals surface area (Å²) in [5.74, 6) is 0.398. The van der Waals surface area contributed by atoms with Crippen LogP contribution in [0.15, 0.2) is 42.5 Å². The van der Waals surface area contributed by atoms with E-state index < -0.39 is 5.60 Å². The molecule has 6 nitrogen and oxygen atoms in total. The van der Waals surface area contributed by atoms with Gasteiger partial charge in [-0.15, -0.1) is 0 Å². The van der Waals surface area contributed by atoms with E-state index in [0.29, 0.717) is 36.8 Å². The molecule has 2 aromatic carbocycles. The Labute approximate surface area is 186 Å². The van der Waals surface area contributed by atoms with Gasteiger partial charge in [-0.1, -0.05) is 29.8 Å². The third kappa shape index (κ3) is 4.61. The van der Waals surface area contributed by atoms with Crippen LogP contribution in [0.3, 0.4) is 0 Å². The molecule has 0 N–H and O–H groups in total. The first-order chi connectivity index (χ1) is 14.7. The number of piperazine rings is 1. The highest BCUT2D eigenvalue weighted by molar-refractivity contribution is 6.31. The number of ether oxygens (including phenoxy) is 1. The number of nitrogens with zero attached hydrogens (tertiary/aromatic N) is 4. The van der Waals surface area contributed by atoms with Crippen LogP contribution in [-0.4, -0.2) is 52.3 Å². The van der Waals surface area contributed by atoms with E-state index in [2.05, 4.69) is 4.90 Å². The van der Waals surface area contributed by atoms with Crippen molar-refractivity contribution < 1.29 is 13.9 Å². The van der Waals surface area contributed by atoms with Gasteiger partial charge in [0.1, 0.15) is 11.4 Å². The number of fused-ring (bicyclic) bond motifs is 1. The summed E-state index contributed by atoms with van der Waals surface area (Å²) in [4.78, 5) is 21.0. The van der Waals surface area contributed by atoms with E-state index in [1.165, 1.54) is 6.07 Å². The van der Waals surface area contributed by atoms with Crippen LogP contribution < -0.4 is 4.90 Å². The molecule has 3 aromatic rings. The molecule has 164 valence electrons. The SMILES string of the molecule is CC(C)(C)OC(=O)N1CCN(c2nc3ccccc3n2Cc2c(F)cccc2Cl)CC1. The lowest BCUT2D eigenvalue weighted by molar-refractivity contribution is 0.0240. The first-order valence-corrected chi connectivity index (χ1v) is 10.7. The van der Waals surface area contributed by atoms with Crippen LogP contribution in [0.1, 0.15) is 26.3 Å². The Morgan fingerprint density at radius 1 is 1.10 bits per heavy atom. The third-order valence-corrected chi connectivity index (χ3v) is 5.58. The van der Waals surface area contributed by atoms with Crippen LogP contribution in [0.4, 0.5) is 15.1 Å². The van der Waals surface area contributed by atoms with Crippen molar-refractivity contribution in [3.63, 3.8) is 0 Å². The van der Waals surface area contributed by atoms with Gasteiger partial charge in [-0.3, -0.25) is 0 Å². The van der Waals surface area contributed by atoms with Gasteiger partial charge in [-0.2, -0.15) is 0 Å². The first kappa shape index (κ1) is 21.4. The normalized spacial score (nSPS) is 14.9. The van der Waals surface area contributed by atoms with Crippen LogP contribution in [-0.2, 0) is 11.3 Å². The van der Waals surface area contributed by atoms with Crippen molar-refractivity contribution in [2.75, 3.05) is 31.1 Å². The lowest BCUT2D eigenvalue weighted by atomic mass is 10.2. The number of rotatable bonds is 3. The minimum Gasteiger partial charge on any atom is -0.444 e. The molecule has 1 saturated heterocycles. The summed E-state index contributed by atoms with van der Waals surface area (Å²) >= 11 is 6.30. The van der Waals surface area contributed by atoms with E-state index in [0.717, 1.165) is 17.0 Å². The first-order valence-electron chi connectivity index (χ1n) is 10.3. The molecule has 0 unspecified atom stereocenters. The van der Waals surface area contributed by atoms with Gasteiger partial charge in [-0.05, 0) is 45.0 Å². The van der Waals surface area contributed by atoms with Crippen LogP contribution in [0.2, 0.25) is 5.02 Å². The molecular formula is C23H26ClFN4O2. The van der Waals surface area contributed by atoms with Gasteiger partial charge in [0.15, 0.2) is 0 Å². The Kier molecular flexibility index (Phi) is 5.79. The van der Waals surface area contributed by atoms with Gasteiger partial charge in [0.05, 0.1) is 17.6 Å². The maximum atomic E-state index is 14.5. The molecule has 1 fully saturated rings. The second-order valence-corrected chi connectivity index (χ2v) is 9.05. The topological polar surface area (TPSA) is 50.6 Å². The molecule has 0 atom stereocenters. The summed E-state index contributed by atoms with van der Waals surface area (Å²) in [5.41, 5.74) is 1.65. The van der Waals surface area contributed by atoms with E-state index in [9.17, 15) is 9.18 Å². The third-order valence-electron chi connectivity index (χ3n) is 5.23. The maximum absolute atomic E-state index is 14.5. The molecule has 0 saturated carbocycles. The number of carbonyl (C=O) groups is 1. The van der Waals surface area contributed by atoms with Crippen LogP contribution >= 0.6 is 11.6 Å². The van der Waals surface area contributed by atoms with Crippen molar-refractivity contribution in [2.24, 2.45) is 0 Å². The molecule has 0 aliphatic carbocycles. The fourth-order valence-corrected chi connectivity index (χ4v) is 3.94. The van der Waals surface area contributed by atoms with Crippen molar-refractivity contribution in [1.29, 1.82) is 0 Å². The van der Waals surface area contributed by atoms with Gasteiger partial charge >= 0.3 is 6.09 Å². The number of amides is 1. The van der Waals surface area contributed by atoms with E-state index in [-0.39, 0.29) is 18.5 Å². The number of hydrogen-bond acceptors (Lipinski definition) is 4. The number of halogens is 2. The molecule has 4 rings (SSSR count). The van der Waals surface area contributed by atoms with Crippen LogP contribution in [0.5, 0.6) is 0 Å². The number of para-hydroxylation sites is 2. The van der Waals surface area contributed by atoms with Gasteiger partial charge in [-0.25, -0.2) is 14.2 Å². The van der Waals surface area contributed by atoms with E-state index in [4.69, 9.17) is 21.3 Å². The van der Waals surface area contributed by atoms with Crippen molar-refractivity contribution in [2.45, 2.75) is 32.9 Å². The lowest BCUT2D eigenvalue weighted by Gasteiger charge is -2.36. The quantitative estimate of drug-likeness (QED) is 0.574. The highest BCUT2D eigenvalue weighted by Gasteiger charge is 2.28. The summed E-state index contributed by atoms with van der Waals surface area (Å²) in [6.45, 7) is 8.11. The Hall–Kier alpha value is -2.80. The minimum absolute atomic E-state index is 0.271. The van der Waals surface area contributed by atoms with Gasteiger partial charge in [0, 0.05) is 36.8 Å². The van der Waals surface area contributed by atoms with Crippen molar-refractivity contribution in [3.05, 3.63) is 58.9 Å². The number of benzene rings is 2. The summed E-state index contributed by atoms with van der Waals surface area (Å²) in [6.07, 6.45) is -0.307. The predicted octanol–water partition coefficient (Wildman–Crippen LogP) is 4.93. The minimum atomic E-state index is -0.527. The molecule has 0 bridgehead atoms. The summed E-state index contributed by atoms with van der Waals surface area (Å²) in [5, 5.41) is 0.387. The van der Waals surface area contributed by atoms with Crippen LogP contribution in [0, 0.1) is 5.82 Å². The zero-order valence-electron chi connectivity index (χ0n) is 17.9. The Morgan fingerprint density at radius 2 is 1.81 bits per heavy atom. The van der Waals surface area contributed by atoms with E-state index >= 15 is 0 Å². The molecule has 1 aliphatic heterocycles. The molecule has 0 spiro atoms. The fraction of sp³-hybridized carbons (Fsp3) is 0.391. The molecule has 1 aromatic heterocycles. The monoisotopic (exact) mass is 444 g/mol.